The molecule has 3 atom stereocenters. The number of aromatic nitrogens is 2. The van der Waals surface area contributed by atoms with E-state index in [1.165, 1.54) is 25.7 Å². The lowest BCUT2D eigenvalue weighted by molar-refractivity contribution is -0.151. The second kappa shape index (κ2) is 9.31. The Bertz CT molecular complexity index is 1010. The summed E-state index contributed by atoms with van der Waals surface area (Å²) in [4.78, 5) is 46.7. The highest BCUT2D eigenvalue weighted by Gasteiger charge is 2.39. The minimum absolute atomic E-state index is 0.169. The first-order valence-electron chi connectivity index (χ1n) is 10.3. The number of ether oxygens (including phenoxy) is 3. The number of carbonyl (C=O) groups excluding carboxylic acids is 3. The maximum Gasteiger partial charge on any atom is 0.308 e. The largest absolute Gasteiger partial charge is 0.490 e. The highest BCUT2D eigenvalue weighted by atomic mass is 16.5. The SMILES string of the molecule is COC(=O)C[C@@H]1CC[C@@H]2[C@@H](COc3ccc(NC(=O)c4cnccn4)cc3C(=O)N2C)O1. The van der Waals surface area contributed by atoms with Gasteiger partial charge in [0.2, 0.25) is 0 Å². The van der Waals surface area contributed by atoms with E-state index in [1.807, 2.05) is 0 Å². The van der Waals surface area contributed by atoms with Gasteiger partial charge in [-0.1, -0.05) is 0 Å². The van der Waals surface area contributed by atoms with Gasteiger partial charge in [0.1, 0.15) is 24.2 Å². The minimum Gasteiger partial charge on any atom is -0.490 e. The topological polar surface area (TPSA) is 120 Å². The lowest BCUT2D eigenvalue weighted by Gasteiger charge is -2.42. The molecule has 0 spiro atoms. The number of amides is 2. The zero-order valence-electron chi connectivity index (χ0n) is 17.8. The molecule has 1 aromatic heterocycles. The second-order valence-electron chi connectivity index (χ2n) is 7.70. The summed E-state index contributed by atoms with van der Waals surface area (Å²) in [7, 11) is 3.07. The summed E-state index contributed by atoms with van der Waals surface area (Å²) in [6.07, 6.45) is 5.12. The third-order valence-electron chi connectivity index (χ3n) is 5.69. The van der Waals surface area contributed by atoms with Crippen LogP contribution in [0.3, 0.4) is 0 Å². The van der Waals surface area contributed by atoms with E-state index in [4.69, 9.17) is 14.2 Å². The van der Waals surface area contributed by atoms with Crippen LogP contribution in [0.15, 0.2) is 36.8 Å². The molecule has 0 bridgehead atoms. The van der Waals surface area contributed by atoms with Gasteiger partial charge in [0.05, 0.1) is 37.4 Å². The predicted octanol–water partition coefficient (Wildman–Crippen LogP) is 1.67. The van der Waals surface area contributed by atoms with Crippen molar-refractivity contribution in [2.45, 2.75) is 37.5 Å². The van der Waals surface area contributed by atoms with Crippen molar-refractivity contribution < 1.29 is 28.6 Å². The summed E-state index contributed by atoms with van der Waals surface area (Å²) in [6, 6.07) is 4.69. The van der Waals surface area contributed by atoms with Crippen molar-refractivity contribution in [1.82, 2.24) is 14.9 Å². The summed E-state index contributed by atoms with van der Waals surface area (Å²) >= 11 is 0. The molecule has 2 aliphatic rings. The Morgan fingerprint density at radius 2 is 2.12 bits per heavy atom. The predicted molar refractivity (Wildman–Crippen MR) is 112 cm³/mol. The number of fused-ring (bicyclic) bond motifs is 2. The number of anilines is 1. The summed E-state index contributed by atoms with van der Waals surface area (Å²) < 4.78 is 16.7. The lowest BCUT2D eigenvalue weighted by atomic mass is 9.94. The van der Waals surface area contributed by atoms with Crippen LogP contribution < -0.4 is 10.1 Å². The van der Waals surface area contributed by atoms with Gasteiger partial charge in [0, 0.05) is 25.1 Å². The Balaban J connectivity index is 1.52. The standard InChI is InChI=1S/C22H24N4O6/c1-26-17-5-4-14(10-20(27)30-2)32-19(17)12-31-18-6-3-13(9-15(18)22(26)29)25-21(28)16-11-23-7-8-24-16/h3,6-9,11,14,17,19H,4-5,10,12H2,1-2H3,(H,25,28)/t14-,17+,19+/m0/s1. The highest BCUT2D eigenvalue weighted by molar-refractivity contribution is 6.04. The molecule has 168 valence electrons. The normalized spacial score (nSPS) is 22.5. The van der Waals surface area contributed by atoms with Crippen LogP contribution in [0.5, 0.6) is 5.75 Å². The van der Waals surface area contributed by atoms with Crippen LogP contribution in [-0.4, -0.2) is 71.7 Å². The van der Waals surface area contributed by atoms with E-state index in [9.17, 15) is 14.4 Å². The van der Waals surface area contributed by atoms with Crippen molar-refractivity contribution in [3.8, 4) is 5.75 Å². The van der Waals surface area contributed by atoms with Crippen LogP contribution >= 0.6 is 0 Å². The van der Waals surface area contributed by atoms with E-state index in [1.54, 1.807) is 30.1 Å². The molecule has 32 heavy (non-hydrogen) atoms. The molecule has 1 saturated heterocycles. The van der Waals surface area contributed by atoms with Gasteiger partial charge in [-0.25, -0.2) is 4.98 Å². The van der Waals surface area contributed by atoms with Gasteiger partial charge >= 0.3 is 5.97 Å². The Morgan fingerprint density at radius 3 is 2.88 bits per heavy atom. The summed E-state index contributed by atoms with van der Waals surface area (Å²) in [5.74, 6) is -0.592. The zero-order valence-corrected chi connectivity index (χ0v) is 17.8. The van der Waals surface area contributed by atoms with Gasteiger partial charge in [0.15, 0.2) is 0 Å². The average Bonchev–Trinajstić information content (AvgIpc) is 2.82. The van der Waals surface area contributed by atoms with Gasteiger partial charge in [-0.3, -0.25) is 19.4 Å². The third-order valence-corrected chi connectivity index (χ3v) is 5.69. The van der Waals surface area contributed by atoms with E-state index >= 15 is 0 Å². The molecule has 2 aromatic rings. The van der Waals surface area contributed by atoms with E-state index < -0.39 is 5.91 Å². The molecule has 0 aliphatic carbocycles. The fraction of sp³-hybridized carbons (Fsp3) is 0.409. The average molecular weight is 440 g/mol. The zero-order chi connectivity index (χ0) is 22.7. The molecule has 0 unspecified atom stereocenters. The van der Waals surface area contributed by atoms with Crippen molar-refractivity contribution in [3.63, 3.8) is 0 Å². The van der Waals surface area contributed by atoms with Gasteiger partial charge in [-0.15, -0.1) is 0 Å². The molecular formula is C22H24N4O6. The van der Waals surface area contributed by atoms with Crippen LogP contribution in [0.4, 0.5) is 5.69 Å². The Labute approximate surface area is 184 Å². The quantitative estimate of drug-likeness (QED) is 0.713. The fourth-order valence-electron chi connectivity index (χ4n) is 3.99. The van der Waals surface area contributed by atoms with Gasteiger partial charge in [-0.05, 0) is 31.0 Å². The molecular weight excluding hydrogens is 416 g/mol. The molecule has 0 saturated carbocycles. The van der Waals surface area contributed by atoms with Crippen LogP contribution in [0.25, 0.3) is 0 Å². The second-order valence-corrected chi connectivity index (χ2v) is 7.70. The number of rotatable bonds is 4. The summed E-state index contributed by atoms with van der Waals surface area (Å²) in [6.45, 7) is 0.234. The number of nitrogens with one attached hydrogen (secondary N) is 1. The Hall–Kier alpha value is -3.53. The van der Waals surface area contributed by atoms with E-state index in [2.05, 4.69) is 15.3 Å². The molecule has 4 rings (SSSR count). The highest BCUT2D eigenvalue weighted by Crippen LogP contribution is 2.32. The van der Waals surface area contributed by atoms with Gasteiger partial charge in [0.25, 0.3) is 11.8 Å². The van der Waals surface area contributed by atoms with E-state index in [0.29, 0.717) is 29.8 Å². The monoisotopic (exact) mass is 440 g/mol. The van der Waals surface area contributed by atoms with Crippen LogP contribution in [-0.2, 0) is 14.3 Å². The molecule has 10 heteroatoms. The first kappa shape index (κ1) is 21.7. The number of hydrogen-bond donors (Lipinski definition) is 1. The minimum atomic E-state index is -0.428. The number of carbonyl (C=O) groups is 3. The fourth-order valence-corrected chi connectivity index (χ4v) is 3.99. The number of esters is 1. The first-order valence-corrected chi connectivity index (χ1v) is 10.3. The molecule has 1 fully saturated rings. The third kappa shape index (κ3) is 4.54. The van der Waals surface area contributed by atoms with Gasteiger partial charge in [-0.2, -0.15) is 0 Å². The van der Waals surface area contributed by atoms with Crippen molar-refractivity contribution in [2.75, 3.05) is 26.1 Å². The molecule has 0 radical (unpaired) electrons. The van der Waals surface area contributed by atoms with Crippen LogP contribution in [0.1, 0.15) is 40.1 Å². The lowest BCUT2D eigenvalue weighted by Crippen LogP contribution is -2.53. The first-order chi connectivity index (χ1) is 15.5. The molecule has 1 aromatic carbocycles. The molecule has 1 N–H and O–H groups in total. The smallest absolute Gasteiger partial charge is 0.308 e. The van der Waals surface area contributed by atoms with Gasteiger partial charge < -0.3 is 24.4 Å². The van der Waals surface area contributed by atoms with Crippen molar-refractivity contribution in [3.05, 3.63) is 48.0 Å². The van der Waals surface area contributed by atoms with Crippen LogP contribution in [0, 0.1) is 0 Å². The maximum atomic E-state index is 13.2. The number of benzene rings is 1. The van der Waals surface area contributed by atoms with Crippen molar-refractivity contribution >= 4 is 23.5 Å². The summed E-state index contributed by atoms with van der Waals surface area (Å²) in [5, 5.41) is 2.73. The number of likely N-dealkylation sites (N-methyl/N-ethyl adjacent to an activating group) is 1. The van der Waals surface area contributed by atoms with Crippen molar-refractivity contribution in [2.24, 2.45) is 0 Å². The van der Waals surface area contributed by atoms with Crippen LogP contribution in [0.2, 0.25) is 0 Å². The molecule has 10 nitrogen and oxygen atoms in total. The molecule has 2 amide bonds. The number of nitrogens with zero attached hydrogens (tertiary/aromatic N) is 3. The van der Waals surface area contributed by atoms with Crippen molar-refractivity contribution in [1.29, 1.82) is 0 Å². The Kier molecular flexibility index (Phi) is 6.31. The Morgan fingerprint density at radius 1 is 1.28 bits per heavy atom. The molecule has 3 heterocycles. The number of methoxy groups -OCH3 is 1. The van der Waals surface area contributed by atoms with E-state index in [0.717, 1.165) is 0 Å². The van der Waals surface area contributed by atoms with E-state index in [-0.39, 0.29) is 48.8 Å². The summed E-state index contributed by atoms with van der Waals surface area (Å²) in [5.41, 5.74) is 0.960. The maximum absolute atomic E-state index is 13.2. The molecule has 2 aliphatic heterocycles. The number of hydrogen-bond acceptors (Lipinski definition) is 8.